The molecule has 1 aromatic heterocycles. The molecular weight excluding hydrogens is 245 g/mol. The predicted molar refractivity (Wildman–Crippen MR) is 70.2 cm³/mol. The van der Waals surface area contributed by atoms with Crippen LogP contribution in [0.4, 0.5) is 10.1 Å². The topological polar surface area (TPSA) is 46.0 Å². The number of anilines is 1. The molecule has 19 heavy (non-hydrogen) atoms. The van der Waals surface area contributed by atoms with Crippen LogP contribution < -0.4 is 10.2 Å². The first-order valence-electron chi connectivity index (χ1n) is 6.32. The zero-order valence-corrected chi connectivity index (χ0v) is 10.8. The Balaban J connectivity index is 1.87. The minimum atomic E-state index is -0.199. The monoisotopic (exact) mass is 261 g/mol. The van der Waals surface area contributed by atoms with Gasteiger partial charge in [-0.3, -0.25) is 0 Å². The highest BCUT2D eigenvalue weighted by Crippen LogP contribution is 2.22. The standard InChI is InChI=1S/C13H16FN5/c1-15-7-10-4-11(14)6-12(5-10)18-2-3-19-9-16-17-13(19)8-18/h4-6,9,15H,2-3,7-8H2,1H3. The Morgan fingerprint density at radius 1 is 1.32 bits per heavy atom. The Bertz CT molecular complexity index is 580. The lowest BCUT2D eigenvalue weighted by Crippen LogP contribution is -2.33. The maximum atomic E-state index is 13.7. The first-order chi connectivity index (χ1) is 9.26. The van der Waals surface area contributed by atoms with Gasteiger partial charge in [-0.1, -0.05) is 0 Å². The summed E-state index contributed by atoms with van der Waals surface area (Å²) in [6.07, 6.45) is 1.74. The fourth-order valence-electron chi connectivity index (χ4n) is 2.41. The molecule has 0 fully saturated rings. The highest BCUT2D eigenvalue weighted by molar-refractivity contribution is 5.49. The third-order valence-electron chi connectivity index (χ3n) is 3.33. The molecule has 0 spiro atoms. The minimum Gasteiger partial charge on any atom is -0.362 e. The van der Waals surface area contributed by atoms with Crippen LogP contribution in [0, 0.1) is 5.82 Å². The first kappa shape index (κ1) is 12.1. The second-order valence-corrected chi connectivity index (χ2v) is 4.71. The van der Waals surface area contributed by atoms with Gasteiger partial charge in [0.1, 0.15) is 12.1 Å². The summed E-state index contributed by atoms with van der Waals surface area (Å²) in [6.45, 7) is 3.00. The summed E-state index contributed by atoms with van der Waals surface area (Å²) in [7, 11) is 1.86. The maximum Gasteiger partial charge on any atom is 0.152 e. The summed E-state index contributed by atoms with van der Waals surface area (Å²) in [5, 5.41) is 11.0. The van der Waals surface area contributed by atoms with Crippen molar-refractivity contribution in [2.24, 2.45) is 0 Å². The van der Waals surface area contributed by atoms with Gasteiger partial charge in [0, 0.05) is 25.3 Å². The Labute approximate surface area is 111 Å². The quantitative estimate of drug-likeness (QED) is 0.900. The number of hydrogen-bond donors (Lipinski definition) is 1. The van der Waals surface area contributed by atoms with Crippen LogP contribution in [0.2, 0.25) is 0 Å². The molecule has 5 nitrogen and oxygen atoms in total. The molecular formula is C13H16FN5. The fourth-order valence-corrected chi connectivity index (χ4v) is 2.41. The molecule has 1 aromatic carbocycles. The van der Waals surface area contributed by atoms with E-state index in [1.807, 2.05) is 17.7 Å². The lowest BCUT2D eigenvalue weighted by atomic mass is 10.1. The van der Waals surface area contributed by atoms with Gasteiger partial charge in [0.05, 0.1) is 6.54 Å². The van der Waals surface area contributed by atoms with Crippen LogP contribution in [-0.2, 0) is 19.6 Å². The average Bonchev–Trinajstić information content (AvgIpc) is 2.85. The van der Waals surface area contributed by atoms with Gasteiger partial charge < -0.3 is 14.8 Å². The van der Waals surface area contributed by atoms with Crippen molar-refractivity contribution in [3.05, 3.63) is 41.7 Å². The fraction of sp³-hybridized carbons (Fsp3) is 0.385. The van der Waals surface area contributed by atoms with Gasteiger partial charge >= 0.3 is 0 Å². The van der Waals surface area contributed by atoms with Crippen LogP contribution in [-0.4, -0.2) is 28.4 Å². The zero-order valence-electron chi connectivity index (χ0n) is 10.8. The summed E-state index contributed by atoms with van der Waals surface area (Å²) in [6, 6.07) is 5.16. The van der Waals surface area contributed by atoms with Crippen LogP contribution >= 0.6 is 0 Å². The van der Waals surface area contributed by atoms with E-state index >= 15 is 0 Å². The zero-order chi connectivity index (χ0) is 13.2. The van der Waals surface area contributed by atoms with E-state index in [-0.39, 0.29) is 5.82 Å². The molecule has 3 rings (SSSR count). The molecule has 0 saturated carbocycles. The van der Waals surface area contributed by atoms with Gasteiger partial charge in [0.15, 0.2) is 5.82 Å². The van der Waals surface area contributed by atoms with Crippen molar-refractivity contribution in [3.8, 4) is 0 Å². The van der Waals surface area contributed by atoms with Gasteiger partial charge in [0.25, 0.3) is 0 Å². The van der Waals surface area contributed by atoms with Crippen LogP contribution in [0.1, 0.15) is 11.4 Å². The van der Waals surface area contributed by atoms with E-state index in [2.05, 4.69) is 20.4 Å². The van der Waals surface area contributed by atoms with Gasteiger partial charge in [-0.15, -0.1) is 10.2 Å². The highest BCUT2D eigenvalue weighted by Gasteiger charge is 2.18. The number of aromatic nitrogens is 3. The Morgan fingerprint density at radius 2 is 2.21 bits per heavy atom. The van der Waals surface area contributed by atoms with Crippen LogP contribution in [0.25, 0.3) is 0 Å². The maximum absolute atomic E-state index is 13.7. The summed E-state index contributed by atoms with van der Waals surface area (Å²) in [5.74, 6) is 0.723. The molecule has 0 amide bonds. The van der Waals surface area contributed by atoms with Gasteiger partial charge in [-0.25, -0.2) is 4.39 Å². The number of nitrogens with zero attached hydrogens (tertiary/aromatic N) is 4. The van der Waals surface area contributed by atoms with E-state index in [0.717, 1.165) is 30.2 Å². The molecule has 0 saturated heterocycles. The molecule has 1 aliphatic rings. The largest absolute Gasteiger partial charge is 0.362 e. The van der Waals surface area contributed by atoms with Crippen LogP contribution in [0.3, 0.4) is 0 Å². The second kappa shape index (κ2) is 4.97. The number of halogens is 1. The lowest BCUT2D eigenvalue weighted by Gasteiger charge is -2.29. The second-order valence-electron chi connectivity index (χ2n) is 4.71. The summed E-state index contributed by atoms with van der Waals surface area (Å²) >= 11 is 0. The van der Waals surface area contributed by atoms with Crippen molar-refractivity contribution in [2.45, 2.75) is 19.6 Å². The SMILES string of the molecule is CNCc1cc(F)cc(N2CCn3cnnc3C2)c1. The molecule has 0 atom stereocenters. The molecule has 0 bridgehead atoms. The highest BCUT2D eigenvalue weighted by atomic mass is 19.1. The number of fused-ring (bicyclic) bond motifs is 1. The molecule has 2 heterocycles. The molecule has 2 aromatic rings. The van der Waals surface area contributed by atoms with E-state index in [1.165, 1.54) is 0 Å². The summed E-state index contributed by atoms with van der Waals surface area (Å²) < 4.78 is 15.7. The lowest BCUT2D eigenvalue weighted by molar-refractivity contribution is 0.557. The molecule has 0 radical (unpaired) electrons. The number of benzene rings is 1. The van der Waals surface area contributed by atoms with E-state index < -0.39 is 0 Å². The van der Waals surface area contributed by atoms with Crippen molar-refractivity contribution < 1.29 is 4.39 Å². The minimum absolute atomic E-state index is 0.199. The molecule has 0 unspecified atom stereocenters. The molecule has 1 N–H and O–H groups in total. The van der Waals surface area contributed by atoms with Crippen molar-refractivity contribution in [3.63, 3.8) is 0 Å². The first-order valence-corrected chi connectivity index (χ1v) is 6.32. The van der Waals surface area contributed by atoms with Gasteiger partial charge in [0.2, 0.25) is 0 Å². The number of hydrogen-bond acceptors (Lipinski definition) is 4. The third-order valence-corrected chi connectivity index (χ3v) is 3.33. The van der Waals surface area contributed by atoms with E-state index in [9.17, 15) is 4.39 Å². The van der Waals surface area contributed by atoms with Crippen LogP contribution in [0.5, 0.6) is 0 Å². The van der Waals surface area contributed by atoms with Crippen LogP contribution in [0.15, 0.2) is 24.5 Å². The molecule has 1 aliphatic heterocycles. The van der Waals surface area contributed by atoms with E-state index in [4.69, 9.17) is 0 Å². The third kappa shape index (κ3) is 2.44. The molecule has 6 heteroatoms. The number of nitrogens with one attached hydrogen (secondary N) is 1. The average molecular weight is 261 g/mol. The summed E-state index contributed by atoms with van der Waals surface area (Å²) in [5.41, 5.74) is 1.85. The number of rotatable bonds is 3. The van der Waals surface area contributed by atoms with Gasteiger partial charge in [-0.05, 0) is 30.8 Å². The van der Waals surface area contributed by atoms with Gasteiger partial charge in [-0.2, -0.15) is 0 Å². The Morgan fingerprint density at radius 3 is 3.05 bits per heavy atom. The van der Waals surface area contributed by atoms with E-state index in [1.54, 1.807) is 18.5 Å². The Kier molecular flexibility index (Phi) is 3.16. The normalized spacial score (nSPS) is 14.5. The van der Waals surface area contributed by atoms with E-state index in [0.29, 0.717) is 13.1 Å². The van der Waals surface area contributed by atoms with Crippen molar-refractivity contribution in [1.29, 1.82) is 0 Å². The van der Waals surface area contributed by atoms with Crippen molar-refractivity contribution in [1.82, 2.24) is 20.1 Å². The molecule has 100 valence electrons. The predicted octanol–water partition coefficient (Wildman–Crippen LogP) is 1.16. The summed E-state index contributed by atoms with van der Waals surface area (Å²) in [4.78, 5) is 2.13. The van der Waals surface area contributed by atoms with Crippen molar-refractivity contribution >= 4 is 5.69 Å². The smallest absolute Gasteiger partial charge is 0.152 e. The Hall–Kier alpha value is -1.95. The van der Waals surface area contributed by atoms with Crippen molar-refractivity contribution in [2.75, 3.05) is 18.5 Å². The molecule has 0 aliphatic carbocycles.